The molecule has 2 aromatic carbocycles. The average molecular weight is 355 g/mol. The highest BCUT2D eigenvalue weighted by Gasteiger charge is 2.13. The molecule has 0 radical (unpaired) electrons. The third-order valence-electron chi connectivity index (χ3n) is 3.26. The lowest BCUT2D eigenvalue weighted by molar-refractivity contribution is 0.322. The van der Waals surface area contributed by atoms with Crippen LogP contribution in [0.3, 0.4) is 0 Å². The summed E-state index contributed by atoms with van der Waals surface area (Å²) in [6, 6.07) is 9.66. The molecule has 0 unspecified atom stereocenters. The van der Waals surface area contributed by atoms with Crippen LogP contribution in [0.5, 0.6) is 5.75 Å². The van der Waals surface area contributed by atoms with Crippen LogP contribution in [0.4, 0.5) is 5.69 Å². The standard InChI is InChI=1S/C16H19ClN2O3S/c1-11-9-14(10-12(2)16(11)17)22-8-7-19-23(20,21)15-5-3-13(18)4-6-15/h3-6,9-10,19H,7-8,18H2,1-2H3. The van der Waals surface area contributed by atoms with E-state index in [1.165, 1.54) is 12.1 Å². The lowest BCUT2D eigenvalue weighted by Crippen LogP contribution is -2.28. The zero-order valence-electron chi connectivity index (χ0n) is 13.0. The van der Waals surface area contributed by atoms with Gasteiger partial charge in [-0.25, -0.2) is 13.1 Å². The van der Waals surface area contributed by atoms with E-state index in [0.717, 1.165) is 11.1 Å². The van der Waals surface area contributed by atoms with E-state index in [-0.39, 0.29) is 18.0 Å². The van der Waals surface area contributed by atoms with E-state index >= 15 is 0 Å². The number of anilines is 1. The maximum Gasteiger partial charge on any atom is 0.240 e. The largest absolute Gasteiger partial charge is 0.492 e. The smallest absolute Gasteiger partial charge is 0.240 e. The molecule has 5 nitrogen and oxygen atoms in total. The molecular formula is C16H19ClN2O3S. The predicted octanol–water partition coefficient (Wildman–Crippen LogP) is 2.90. The quantitative estimate of drug-likeness (QED) is 0.617. The van der Waals surface area contributed by atoms with Gasteiger partial charge in [-0.15, -0.1) is 0 Å². The summed E-state index contributed by atoms with van der Waals surface area (Å²) in [5.74, 6) is 0.663. The zero-order valence-corrected chi connectivity index (χ0v) is 14.5. The number of aryl methyl sites for hydroxylation is 2. The van der Waals surface area contributed by atoms with E-state index in [0.29, 0.717) is 16.5 Å². The molecule has 0 heterocycles. The van der Waals surface area contributed by atoms with Crippen molar-refractivity contribution >= 4 is 27.3 Å². The van der Waals surface area contributed by atoms with Crippen molar-refractivity contribution in [1.29, 1.82) is 0 Å². The molecule has 0 atom stereocenters. The first-order valence-electron chi connectivity index (χ1n) is 7.04. The van der Waals surface area contributed by atoms with Gasteiger partial charge in [0.05, 0.1) is 4.90 Å². The molecule has 0 amide bonds. The molecule has 0 spiro atoms. The van der Waals surface area contributed by atoms with Crippen LogP contribution in [0.15, 0.2) is 41.3 Å². The summed E-state index contributed by atoms with van der Waals surface area (Å²) in [4.78, 5) is 0.171. The number of hydrogen-bond donors (Lipinski definition) is 2. The van der Waals surface area contributed by atoms with Crippen molar-refractivity contribution in [1.82, 2.24) is 4.72 Å². The second-order valence-corrected chi connectivity index (χ2v) is 7.33. The maximum atomic E-state index is 12.1. The SMILES string of the molecule is Cc1cc(OCCNS(=O)(=O)c2ccc(N)cc2)cc(C)c1Cl. The predicted molar refractivity (Wildman–Crippen MR) is 92.5 cm³/mol. The third-order valence-corrected chi connectivity index (χ3v) is 5.34. The van der Waals surface area contributed by atoms with Crippen LogP contribution in [0.2, 0.25) is 5.02 Å². The maximum absolute atomic E-state index is 12.1. The van der Waals surface area contributed by atoms with Crippen molar-refractivity contribution in [3.63, 3.8) is 0 Å². The third kappa shape index (κ3) is 4.60. The fourth-order valence-corrected chi connectivity index (χ4v) is 3.19. The normalized spacial score (nSPS) is 11.4. The molecule has 23 heavy (non-hydrogen) atoms. The molecule has 0 aliphatic heterocycles. The first-order chi connectivity index (χ1) is 10.8. The van der Waals surface area contributed by atoms with Crippen molar-refractivity contribution in [3.05, 3.63) is 52.5 Å². The number of nitrogen functional groups attached to an aromatic ring is 1. The zero-order chi connectivity index (χ0) is 17.0. The van der Waals surface area contributed by atoms with E-state index in [1.54, 1.807) is 12.1 Å². The van der Waals surface area contributed by atoms with Gasteiger partial charge in [0.2, 0.25) is 10.0 Å². The lowest BCUT2D eigenvalue weighted by atomic mass is 10.1. The summed E-state index contributed by atoms with van der Waals surface area (Å²) in [5.41, 5.74) is 7.90. The lowest BCUT2D eigenvalue weighted by Gasteiger charge is -2.11. The van der Waals surface area contributed by atoms with Crippen LogP contribution in [0.25, 0.3) is 0 Å². The molecule has 2 rings (SSSR count). The molecule has 0 aliphatic rings. The van der Waals surface area contributed by atoms with Gasteiger partial charge in [0.15, 0.2) is 0 Å². The first-order valence-corrected chi connectivity index (χ1v) is 8.90. The molecule has 0 saturated heterocycles. The molecule has 0 aromatic heterocycles. The summed E-state index contributed by atoms with van der Waals surface area (Å²) < 4.78 is 32.2. The van der Waals surface area contributed by atoms with E-state index in [1.807, 2.05) is 26.0 Å². The first kappa shape index (κ1) is 17.6. The van der Waals surface area contributed by atoms with Crippen LogP contribution in [0.1, 0.15) is 11.1 Å². The van der Waals surface area contributed by atoms with Gasteiger partial charge in [0, 0.05) is 17.3 Å². The molecule has 3 N–H and O–H groups in total. The number of nitrogens with two attached hydrogens (primary N) is 1. The molecule has 2 aromatic rings. The van der Waals surface area contributed by atoms with E-state index in [2.05, 4.69) is 4.72 Å². The minimum atomic E-state index is -3.56. The number of halogens is 1. The van der Waals surface area contributed by atoms with E-state index in [9.17, 15) is 8.42 Å². The number of sulfonamides is 1. The number of ether oxygens (including phenoxy) is 1. The Labute approximate surface area is 141 Å². The highest BCUT2D eigenvalue weighted by molar-refractivity contribution is 7.89. The summed E-state index contributed by atoms with van der Waals surface area (Å²) in [5, 5.41) is 0.710. The Kier molecular flexibility index (Phi) is 5.51. The second-order valence-electron chi connectivity index (χ2n) is 5.19. The van der Waals surface area contributed by atoms with Gasteiger partial charge in [0.25, 0.3) is 0 Å². The Balaban J connectivity index is 1.91. The van der Waals surface area contributed by atoms with Crippen LogP contribution < -0.4 is 15.2 Å². The molecule has 124 valence electrons. The monoisotopic (exact) mass is 354 g/mol. The van der Waals surface area contributed by atoms with Crippen molar-refractivity contribution < 1.29 is 13.2 Å². The van der Waals surface area contributed by atoms with Gasteiger partial charge >= 0.3 is 0 Å². The average Bonchev–Trinajstić information content (AvgIpc) is 2.49. The fraction of sp³-hybridized carbons (Fsp3) is 0.250. The number of benzene rings is 2. The second kappa shape index (κ2) is 7.21. The van der Waals surface area contributed by atoms with Crippen molar-refractivity contribution in [3.8, 4) is 5.75 Å². The van der Waals surface area contributed by atoms with Crippen LogP contribution in [-0.4, -0.2) is 21.6 Å². The van der Waals surface area contributed by atoms with Gasteiger partial charge in [-0.3, -0.25) is 0 Å². The molecule has 0 aliphatic carbocycles. The van der Waals surface area contributed by atoms with Gasteiger partial charge in [-0.1, -0.05) is 11.6 Å². The number of rotatable bonds is 6. The Bertz CT molecular complexity index is 766. The minimum absolute atomic E-state index is 0.160. The Morgan fingerprint density at radius 3 is 2.26 bits per heavy atom. The van der Waals surface area contributed by atoms with Crippen LogP contribution >= 0.6 is 11.6 Å². The molecule has 0 saturated carbocycles. The molecule has 0 bridgehead atoms. The molecule has 0 fully saturated rings. The van der Waals surface area contributed by atoms with Gasteiger partial charge in [-0.05, 0) is 61.4 Å². The van der Waals surface area contributed by atoms with E-state index in [4.69, 9.17) is 22.1 Å². The highest BCUT2D eigenvalue weighted by atomic mass is 35.5. The van der Waals surface area contributed by atoms with Gasteiger partial charge < -0.3 is 10.5 Å². The summed E-state index contributed by atoms with van der Waals surface area (Å²) >= 11 is 6.09. The van der Waals surface area contributed by atoms with Crippen molar-refractivity contribution in [2.24, 2.45) is 0 Å². The van der Waals surface area contributed by atoms with Crippen LogP contribution in [-0.2, 0) is 10.0 Å². The van der Waals surface area contributed by atoms with Gasteiger partial charge in [-0.2, -0.15) is 0 Å². The Hall–Kier alpha value is -1.76. The van der Waals surface area contributed by atoms with Crippen LogP contribution in [0, 0.1) is 13.8 Å². The van der Waals surface area contributed by atoms with E-state index < -0.39 is 10.0 Å². The molecule has 7 heteroatoms. The van der Waals surface area contributed by atoms with Crippen molar-refractivity contribution in [2.75, 3.05) is 18.9 Å². The topological polar surface area (TPSA) is 81.4 Å². The number of hydrogen-bond acceptors (Lipinski definition) is 4. The Morgan fingerprint density at radius 2 is 1.70 bits per heavy atom. The Morgan fingerprint density at radius 1 is 1.13 bits per heavy atom. The summed E-state index contributed by atoms with van der Waals surface area (Å²) in [6.07, 6.45) is 0. The summed E-state index contributed by atoms with van der Waals surface area (Å²) in [7, 11) is -3.56. The summed E-state index contributed by atoms with van der Waals surface area (Å²) in [6.45, 7) is 4.17. The molecular weight excluding hydrogens is 336 g/mol. The minimum Gasteiger partial charge on any atom is -0.492 e. The van der Waals surface area contributed by atoms with Gasteiger partial charge in [0.1, 0.15) is 12.4 Å². The fourth-order valence-electron chi connectivity index (χ4n) is 2.06. The van der Waals surface area contributed by atoms with Crippen molar-refractivity contribution in [2.45, 2.75) is 18.7 Å². The number of nitrogens with one attached hydrogen (secondary N) is 1. The highest BCUT2D eigenvalue weighted by Crippen LogP contribution is 2.25.